The number of carboxylic acids is 1. The molecule has 0 radical (unpaired) electrons. The van der Waals surface area contributed by atoms with Crippen LogP contribution in [0.15, 0.2) is 81.7 Å². The summed E-state index contributed by atoms with van der Waals surface area (Å²) in [5.41, 5.74) is 2.75. The molecule has 0 saturated carbocycles. The molecule has 2 heterocycles. The van der Waals surface area contributed by atoms with Crippen molar-refractivity contribution in [3.05, 3.63) is 114 Å². The van der Waals surface area contributed by atoms with E-state index in [4.69, 9.17) is 23.9 Å². The molecule has 0 unspecified atom stereocenters. The number of hydrogen-bond acceptors (Lipinski definition) is 9. The molecular weight excluding hydrogens is 634 g/mol. The van der Waals surface area contributed by atoms with Crippen molar-refractivity contribution < 1.29 is 33.6 Å². The lowest BCUT2D eigenvalue weighted by Crippen LogP contribution is -2.43. The fourth-order valence-corrected chi connectivity index (χ4v) is 6.67. The zero-order chi connectivity index (χ0) is 34.5. The number of rotatable bonds is 12. The Kier molecular flexibility index (Phi) is 10.3. The van der Waals surface area contributed by atoms with Crippen molar-refractivity contribution in [1.29, 1.82) is 0 Å². The maximum Gasteiger partial charge on any atom is 0.335 e. The standard InChI is InChI=1S/C36H37N3O8S/c1-7-38(8-2)34(41)31-21(3)37-36-39(32(31)26-19-25(44-4)13-15-27(26)45-5)33(40)30(48-36)18-22-12-14-28(29(17-22)46-6)47-20-23-10-9-11-24(16-23)35(42)43/h9-19,32H,7-8,20H2,1-6H3,(H,42,43)/b30-18+/t32-/m0/s1. The second-order valence-electron chi connectivity index (χ2n) is 10.9. The number of allylic oxidation sites excluding steroid dienone is 1. The van der Waals surface area contributed by atoms with Gasteiger partial charge in [-0.2, -0.15) is 0 Å². The van der Waals surface area contributed by atoms with Crippen molar-refractivity contribution >= 4 is 29.3 Å². The van der Waals surface area contributed by atoms with Crippen molar-refractivity contribution in [1.82, 2.24) is 9.47 Å². The van der Waals surface area contributed by atoms with Crippen LogP contribution in [0.4, 0.5) is 0 Å². The maximum absolute atomic E-state index is 14.3. The van der Waals surface area contributed by atoms with Crippen LogP contribution in [0.25, 0.3) is 6.08 Å². The lowest BCUT2D eigenvalue weighted by molar-refractivity contribution is -0.127. The van der Waals surface area contributed by atoms with Crippen molar-refractivity contribution in [3.8, 4) is 23.0 Å². The smallest absolute Gasteiger partial charge is 0.335 e. The van der Waals surface area contributed by atoms with Gasteiger partial charge in [0.15, 0.2) is 16.3 Å². The number of aromatic nitrogens is 1. The highest BCUT2D eigenvalue weighted by atomic mass is 32.1. The van der Waals surface area contributed by atoms with E-state index in [-0.39, 0.29) is 23.6 Å². The molecule has 1 N–H and O–H groups in total. The molecular formula is C36H37N3O8S. The molecule has 1 aliphatic heterocycles. The molecule has 0 spiro atoms. The minimum absolute atomic E-state index is 0.136. The number of thiazole rings is 1. The second-order valence-corrected chi connectivity index (χ2v) is 11.9. The van der Waals surface area contributed by atoms with Crippen molar-refractivity contribution in [2.45, 2.75) is 33.4 Å². The number of aromatic carboxylic acids is 1. The van der Waals surface area contributed by atoms with Gasteiger partial charge in [0.25, 0.3) is 11.5 Å². The molecule has 0 bridgehead atoms. The highest BCUT2D eigenvalue weighted by molar-refractivity contribution is 7.07. The summed E-state index contributed by atoms with van der Waals surface area (Å²) in [5.74, 6) is 0.733. The first-order valence-corrected chi connectivity index (χ1v) is 16.1. The summed E-state index contributed by atoms with van der Waals surface area (Å²) in [4.78, 5) is 46.5. The number of methoxy groups -OCH3 is 3. The molecule has 1 atom stereocenters. The highest BCUT2D eigenvalue weighted by Crippen LogP contribution is 2.38. The van der Waals surface area contributed by atoms with Gasteiger partial charge in [-0.3, -0.25) is 14.2 Å². The van der Waals surface area contributed by atoms with Crippen LogP contribution in [0.1, 0.15) is 53.9 Å². The Bertz CT molecular complexity index is 2080. The number of fused-ring (bicyclic) bond motifs is 1. The first-order chi connectivity index (χ1) is 23.1. The molecule has 5 rings (SSSR count). The van der Waals surface area contributed by atoms with Gasteiger partial charge in [-0.05, 0) is 80.4 Å². The van der Waals surface area contributed by atoms with Gasteiger partial charge in [0.1, 0.15) is 24.1 Å². The van der Waals surface area contributed by atoms with Crippen LogP contribution >= 0.6 is 11.3 Å². The monoisotopic (exact) mass is 671 g/mol. The average Bonchev–Trinajstić information content (AvgIpc) is 3.40. The average molecular weight is 672 g/mol. The number of ether oxygens (including phenoxy) is 4. The van der Waals surface area contributed by atoms with Gasteiger partial charge in [-0.25, -0.2) is 9.79 Å². The topological polar surface area (TPSA) is 129 Å². The summed E-state index contributed by atoms with van der Waals surface area (Å²) >= 11 is 1.22. The Morgan fingerprint density at radius 2 is 1.69 bits per heavy atom. The number of carbonyl (C=O) groups is 2. The molecule has 4 aromatic rings. The van der Waals surface area contributed by atoms with Crippen molar-refractivity contribution in [3.63, 3.8) is 0 Å². The molecule has 0 fully saturated rings. The van der Waals surface area contributed by atoms with E-state index in [1.807, 2.05) is 13.8 Å². The van der Waals surface area contributed by atoms with Gasteiger partial charge in [-0.15, -0.1) is 0 Å². The first-order valence-electron chi connectivity index (χ1n) is 15.3. The largest absolute Gasteiger partial charge is 0.497 e. The Morgan fingerprint density at radius 1 is 0.958 bits per heavy atom. The number of carboxylic acid groups (broad SMARTS) is 1. The number of amides is 1. The predicted octanol–water partition coefficient (Wildman–Crippen LogP) is 4.41. The summed E-state index contributed by atoms with van der Waals surface area (Å²) in [7, 11) is 4.62. The van der Waals surface area contributed by atoms with E-state index in [0.717, 1.165) is 0 Å². The molecule has 0 aliphatic carbocycles. The summed E-state index contributed by atoms with van der Waals surface area (Å²) in [6, 6.07) is 16.3. The third kappa shape index (κ3) is 6.70. The predicted molar refractivity (Wildman–Crippen MR) is 182 cm³/mol. The van der Waals surface area contributed by atoms with Crippen LogP contribution in [0.2, 0.25) is 0 Å². The molecule has 3 aromatic carbocycles. The minimum atomic E-state index is -1.01. The van der Waals surface area contributed by atoms with Crippen LogP contribution in [0.3, 0.4) is 0 Å². The van der Waals surface area contributed by atoms with E-state index >= 15 is 0 Å². The summed E-state index contributed by atoms with van der Waals surface area (Å²) in [5, 5.41) is 9.29. The van der Waals surface area contributed by atoms with E-state index in [1.165, 1.54) is 24.5 Å². The van der Waals surface area contributed by atoms with E-state index in [1.54, 1.807) is 91.3 Å². The molecule has 250 valence electrons. The SMILES string of the molecule is CCN(CC)C(=O)C1=C(C)N=c2s/c(=C/c3ccc(OCc4cccc(C(=O)O)c4)c(OC)c3)c(=O)n2[C@H]1c1cc(OC)ccc1OC. The molecule has 1 aliphatic rings. The summed E-state index contributed by atoms with van der Waals surface area (Å²) in [6.07, 6.45) is 1.75. The zero-order valence-corrected chi connectivity index (χ0v) is 28.4. The van der Waals surface area contributed by atoms with E-state index in [9.17, 15) is 19.5 Å². The van der Waals surface area contributed by atoms with Crippen molar-refractivity contribution in [2.75, 3.05) is 34.4 Å². The second kappa shape index (κ2) is 14.6. The Labute approximate surface area is 281 Å². The van der Waals surface area contributed by atoms with Gasteiger partial charge in [0.2, 0.25) is 0 Å². The highest BCUT2D eigenvalue weighted by Gasteiger charge is 2.36. The zero-order valence-electron chi connectivity index (χ0n) is 27.6. The quantitative estimate of drug-likeness (QED) is 0.235. The van der Waals surface area contributed by atoms with Gasteiger partial charge in [0, 0.05) is 18.7 Å². The third-order valence-electron chi connectivity index (χ3n) is 8.09. The van der Waals surface area contributed by atoms with Gasteiger partial charge in [0.05, 0.1) is 42.7 Å². The van der Waals surface area contributed by atoms with Crippen molar-refractivity contribution in [2.24, 2.45) is 4.99 Å². The number of likely N-dealkylation sites (N-methyl/N-ethyl adjacent to an activating group) is 1. The Morgan fingerprint density at radius 3 is 2.35 bits per heavy atom. The summed E-state index contributed by atoms with van der Waals surface area (Å²) < 4.78 is 24.8. The molecule has 1 amide bonds. The van der Waals surface area contributed by atoms with E-state index < -0.39 is 12.0 Å². The van der Waals surface area contributed by atoms with Gasteiger partial charge < -0.3 is 29.0 Å². The van der Waals surface area contributed by atoms with E-state index in [2.05, 4.69) is 0 Å². The maximum atomic E-state index is 14.3. The van der Waals surface area contributed by atoms with Crippen LogP contribution in [0.5, 0.6) is 23.0 Å². The van der Waals surface area contributed by atoms with Crippen LogP contribution in [-0.4, -0.2) is 60.9 Å². The third-order valence-corrected chi connectivity index (χ3v) is 9.07. The Balaban J connectivity index is 1.58. The fourth-order valence-electron chi connectivity index (χ4n) is 5.62. The molecule has 48 heavy (non-hydrogen) atoms. The number of nitrogens with zero attached hydrogens (tertiary/aromatic N) is 3. The number of carbonyl (C=O) groups excluding carboxylic acids is 1. The minimum Gasteiger partial charge on any atom is -0.497 e. The number of benzene rings is 3. The molecule has 12 heteroatoms. The molecule has 0 saturated heterocycles. The van der Waals surface area contributed by atoms with Gasteiger partial charge in [-0.1, -0.05) is 29.5 Å². The summed E-state index contributed by atoms with van der Waals surface area (Å²) in [6.45, 7) is 6.74. The first kappa shape index (κ1) is 34.0. The van der Waals surface area contributed by atoms with E-state index in [0.29, 0.717) is 73.4 Å². The Hall–Kier alpha value is -5.36. The van der Waals surface area contributed by atoms with Gasteiger partial charge >= 0.3 is 5.97 Å². The van der Waals surface area contributed by atoms with Crippen LogP contribution in [0, 0.1) is 0 Å². The molecule has 1 aromatic heterocycles. The number of hydrogen-bond donors (Lipinski definition) is 1. The fraction of sp³-hybridized carbons (Fsp3) is 0.278. The molecule has 11 nitrogen and oxygen atoms in total. The lowest BCUT2D eigenvalue weighted by atomic mass is 9.93. The lowest BCUT2D eigenvalue weighted by Gasteiger charge is -2.30. The normalized spacial score (nSPS) is 14.2. The van der Waals surface area contributed by atoms with Crippen LogP contribution in [-0.2, 0) is 11.4 Å². The van der Waals surface area contributed by atoms with Crippen LogP contribution < -0.4 is 33.8 Å².